The summed E-state index contributed by atoms with van der Waals surface area (Å²) in [5, 5.41) is 7.12. The number of carbonyl (C=O) groups excluding carboxylic acids is 1. The summed E-state index contributed by atoms with van der Waals surface area (Å²) in [5.74, 6) is -5.33. The number of nitrogens with two attached hydrogens (primary N) is 1. The first-order chi connectivity index (χ1) is 14.4. The van der Waals surface area contributed by atoms with Crippen LogP contribution in [0.5, 0.6) is 0 Å². The van der Waals surface area contributed by atoms with Crippen molar-refractivity contribution in [2.24, 2.45) is 5.73 Å². The van der Waals surface area contributed by atoms with Crippen molar-refractivity contribution in [2.75, 3.05) is 11.4 Å². The Morgan fingerprint density at radius 3 is 2.35 bits per heavy atom. The predicted molar refractivity (Wildman–Crippen MR) is 90.3 cm³/mol. The Bertz CT molecular complexity index is 998. The van der Waals surface area contributed by atoms with Crippen molar-refractivity contribution in [3.63, 3.8) is 0 Å². The van der Waals surface area contributed by atoms with Gasteiger partial charge in [-0.05, 0) is 18.1 Å². The highest BCUT2D eigenvalue weighted by Gasteiger charge is 2.38. The molecule has 0 saturated carbocycles. The second kappa shape index (κ2) is 9.24. The standard InChI is InChI=1S/C15H12F4N4O.C2HF3O2/c16-8-3-7-1-2-23(13(7)10(17)4-8)15(24)9-6-21-11(5-20)22-12(9)14(18)19;3-2(4,5)1(6)7/h3-4,6,14H,1-2,5,20H2;(H,6,7). The summed E-state index contributed by atoms with van der Waals surface area (Å²) in [6, 6.07) is 1.76. The van der Waals surface area contributed by atoms with Crippen LogP contribution in [0.25, 0.3) is 0 Å². The number of halogens is 7. The van der Waals surface area contributed by atoms with Crippen molar-refractivity contribution in [1.82, 2.24) is 9.97 Å². The molecule has 0 bridgehead atoms. The van der Waals surface area contributed by atoms with E-state index in [1.165, 1.54) is 0 Å². The number of hydrogen-bond donors (Lipinski definition) is 2. The molecule has 0 aliphatic carbocycles. The number of carbonyl (C=O) groups is 2. The maximum absolute atomic E-state index is 14.0. The van der Waals surface area contributed by atoms with Gasteiger partial charge in [-0.15, -0.1) is 0 Å². The van der Waals surface area contributed by atoms with Crippen molar-refractivity contribution >= 4 is 17.6 Å². The van der Waals surface area contributed by atoms with Crippen molar-refractivity contribution in [3.8, 4) is 0 Å². The van der Waals surface area contributed by atoms with Crippen LogP contribution < -0.4 is 10.6 Å². The van der Waals surface area contributed by atoms with Crippen molar-refractivity contribution < 1.29 is 45.4 Å². The Hall–Kier alpha value is -3.29. The molecule has 0 radical (unpaired) electrons. The Morgan fingerprint density at radius 2 is 1.84 bits per heavy atom. The first-order valence-corrected chi connectivity index (χ1v) is 8.30. The van der Waals surface area contributed by atoms with Gasteiger partial charge in [0.05, 0.1) is 17.8 Å². The molecule has 1 amide bonds. The van der Waals surface area contributed by atoms with E-state index in [1.54, 1.807) is 0 Å². The molecule has 2 aromatic rings. The molecule has 1 aromatic heterocycles. The molecule has 0 spiro atoms. The molecule has 168 valence electrons. The number of carboxylic acid groups (broad SMARTS) is 1. The zero-order valence-electron chi connectivity index (χ0n) is 15.3. The van der Waals surface area contributed by atoms with Crippen LogP contribution in [0.4, 0.5) is 36.4 Å². The lowest BCUT2D eigenvalue weighted by atomic mass is 10.1. The van der Waals surface area contributed by atoms with E-state index >= 15 is 0 Å². The van der Waals surface area contributed by atoms with Gasteiger partial charge in [0.1, 0.15) is 23.2 Å². The van der Waals surface area contributed by atoms with Crippen molar-refractivity contribution in [3.05, 3.63) is 52.6 Å². The van der Waals surface area contributed by atoms with Gasteiger partial charge in [0.15, 0.2) is 0 Å². The summed E-state index contributed by atoms with van der Waals surface area (Å²) in [7, 11) is 0. The molecular formula is C17H13F7N4O3. The minimum Gasteiger partial charge on any atom is -0.475 e. The molecule has 7 nitrogen and oxygen atoms in total. The van der Waals surface area contributed by atoms with Gasteiger partial charge in [0.2, 0.25) is 0 Å². The van der Waals surface area contributed by atoms with E-state index in [2.05, 4.69) is 9.97 Å². The molecule has 0 unspecified atom stereocenters. The molecule has 31 heavy (non-hydrogen) atoms. The Balaban J connectivity index is 0.000000423. The SMILES string of the molecule is NCc1ncc(C(=O)N2CCc3cc(F)cc(F)c32)c(C(F)F)n1.O=C(O)C(F)(F)F. The second-order valence-corrected chi connectivity index (χ2v) is 6.00. The number of aliphatic carboxylic acids is 1. The van der Waals surface area contributed by atoms with Crippen molar-refractivity contribution in [1.29, 1.82) is 0 Å². The highest BCUT2D eigenvalue weighted by Crippen LogP contribution is 2.34. The lowest BCUT2D eigenvalue weighted by Crippen LogP contribution is -2.31. The smallest absolute Gasteiger partial charge is 0.475 e. The van der Waals surface area contributed by atoms with Gasteiger partial charge in [-0.25, -0.2) is 32.3 Å². The maximum atomic E-state index is 14.0. The number of benzene rings is 1. The van der Waals surface area contributed by atoms with Gasteiger partial charge in [-0.3, -0.25) is 4.79 Å². The van der Waals surface area contributed by atoms with Gasteiger partial charge >= 0.3 is 12.1 Å². The van der Waals surface area contributed by atoms with E-state index in [9.17, 15) is 35.5 Å². The number of hydrogen-bond acceptors (Lipinski definition) is 5. The molecule has 0 fully saturated rings. The van der Waals surface area contributed by atoms with Crippen LogP contribution in [0.15, 0.2) is 18.3 Å². The molecule has 1 aromatic carbocycles. The van der Waals surface area contributed by atoms with E-state index in [-0.39, 0.29) is 31.0 Å². The number of nitrogens with zero attached hydrogens (tertiary/aromatic N) is 3. The maximum Gasteiger partial charge on any atom is 0.490 e. The van der Waals surface area contributed by atoms with Crippen LogP contribution >= 0.6 is 0 Å². The minimum atomic E-state index is -5.08. The molecule has 14 heteroatoms. The third-order valence-corrected chi connectivity index (χ3v) is 3.96. The van der Waals surface area contributed by atoms with Gasteiger partial charge in [0, 0.05) is 18.8 Å². The number of carboxylic acids is 1. The average molecular weight is 454 g/mol. The Morgan fingerprint density at radius 1 is 1.23 bits per heavy atom. The monoisotopic (exact) mass is 454 g/mol. The first-order valence-electron chi connectivity index (χ1n) is 8.30. The number of amides is 1. The topological polar surface area (TPSA) is 109 Å². The highest BCUT2D eigenvalue weighted by molar-refractivity contribution is 6.07. The van der Waals surface area contributed by atoms with Crippen LogP contribution in [0.2, 0.25) is 0 Å². The number of rotatable bonds is 3. The Kier molecular flexibility index (Phi) is 7.15. The summed E-state index contributed by atoms with van der Waals surface area (Å²) in [5.41, 5.74) is 4.32. The Labute approximate surface area is 169 Å². The largest absolute Gasteiger partial charge is 0.490 e. The number of alkyl halides is 5. The third-order valence-electron chi connectivity index (χ3n) is 3.96. The van der Waals surface area contributed by atoms with Gasteiger partial charge in [0.25, 0.3) is 12.3 Å². The number of fused-ring (bicyclic) bond motifs is 1. The van der Waals surface area contributed by atoms with Gasteiger partial charge in [-0.1, -0.05) is 0 Å². The van der Waals surface area contributed by atoms with Crippen LogP contribution in [-0.2, 0) is 17.8 Å². The van der Waals surface area contributed by atoms with E-state index in [1.807, 2.05) is 0 Å². The van der Waals surface area contributed by atoms with E-state index < -0.39 is 47.4 Å². The van der Waals surface area contributed by atoms with E-state index in [0.29, 0.717) is 11.6 Å². The average Bonchev–Trinajstić information content (AvgIpc) is 3.10. The normalized spacial score (nSPS) is 13.0. The fraction of sp³-hybridized carbons (Fsp3) is 0.294. The molecule has 1 aliphatic heterocycles. The molecular weight excluding hydrogens is 441 g/mol. The second-order valence-electron chi connectivity index (χ2n) is 6.00. The van der Waals surface area contributed by atoms with Crippen LogP contribution in [0, 0.1) is 11.6 Å². The fourth-order valence-electron chi connectivity index (χ4n) is 2.67. The zero-order valence-corrected chi connectivity index (χ0v) is 15.3. The fourth-order valence-corrected chi connectivity index (χ4v) is 2.67. The van der Waals surface area contributed by atoms with Crippen LogP contribution in [0.1, 0.15) is 33.9 Å². The molecule has 3 N–H and O–H groups in total. The number of anilines is 1. The first kappa shape index (κ1) is 24.0. The van der Waals surface area contributed by atoms with Crippen molar-refractivity contribution in [2.45, 2.75) is 25.6 Å². The van der Waals surface area contributed by atoms with Gasteiger partial charge in [-0.2, -0.15) is 13.2 Å². The molecule has 2 heterocycles. The predicted octanol–water partition coefficient (Wildman–Crippen LogP) is 2.99. The lowest BCUT2D eigenvalue weighted by molar-refractivity contribution is -0.192. The van der Waals surface area contributed by atoms with Gasteiger partial charge < -0.3 is 15.7 Å². The zero-order chi connectivity index (χ0) is 23.5. The van der Waals surface area contributed by atoms with Crippen LogP contribution in [-0.4, -0.2) is 39.7 Å². The summed E-state index contributed by atoms with van der Waals surface area (Å²) in [4.78, 5) is 29.8. The summed E-state index contributed by atoms with van der Waals surface area (Å²) in [6.07, 6.45) is -6.92. The summed E-state index contributed by atoms with van der Waals surface area (Å²) in [6.45, 7) is -0.107. The van der Waals surface area contributed by atoms with Crippen LogP contribution in [0.3, 0.4) is 0 Å². The van der Waals surface area contributed by atoms with E-state index in [0.717, 1.165) is 17.2 Å². The quantitative estimate of drug-likeness (QED) is 0.691. The molecule has 1 aliphatic rings. The lowest BCUT2D eigenvalue weighted by Gasteiger charge is -2.19. The molecule has 0 saturated heterocycles. The molecule has 3 rings (SSSR count). The third kappa shape index (κ3) is 5.45. The summed E-state index contributed by atoms with van der Waals surface area (Å²) < 4.78 is 85.4. The summed E-state index contributed by atoms with van der Waals surface area (Å²) >= 11 is 0. The highest BCUT2D eigenvalue weighted by atomic mass is 19.4. The minimum absolute atomic E-state index is 0.0306. The number of aromatic nitrogens is 2. The molecule has 0 atom stereocenters. The van der Waals surface area contributed by atoms with E-state index in [4.69, 9.17) is 15.6 Å².